The maximum atomic E-state index is 13.7. The van der Waals surface area contributed by atoms with Crippen molar-refractivity contribution >= 4 is 35.5 Å². The molecule has 5 N–H and O–H groups in total. The van der Waals surface area contributed by atoms with E-state index in [9.17, 15) is 24.0 Å². The summed E-state index contributed by atoms with van der Waals surface area (Å²) in [4.78, 5) is 78.0. The maximum Gasteiger partial charge on any atom is 0.255 e. The fourth-order valence-corrected chi connectivity index (χ4v) is 5.87. The summed E-state index contributed by atoms with van der Waals surface area (Å²) in [7, 11) is 0. The molecule has 51 heavy (non-hydrogen) atoms. The summed E-state index contributed by atoms with van der Waals surface area (Å²) in [5.74, 6) is -1.59. The fraction of sp³-hybridized carbons (Fsp3) is 0.417. The van der Waals surface area contributed by atoms with Crippen LogP contribution >= 0.6 is 0 Å². The first-order valence-electron chi connectivity index (χ1n) is 17.1. The number of fused-ring (bicyclic) bond motifs is 15. The zero-order valence-corrected chi connectivity index (χ0v) is 28.4. The van der Waals surface area contributed by atoms with Crippen molar-refractivity contribution < 1.29 is 33.4 Å². The zero-order valence-electron chi connectivity index (χ0n) is 28.4. The second-order valence-electron chi connectivity index (χ2n) is 12.9. The highest BCUT2D eigenvalue weighted by Gasteiger charge is 2.51. The standard InChI is InChI=1S/C36H42N8O7/c1-23-30(45)41-29(19-24-5-3-2-4-6-24)33(48)43-36(11-12-36)34(49)37-13-16-51-27-9-7-25(8-10-27)20-28(32(47)40-23)42-31(46)26-21-38-35(39-22-26)44-14-17-50-18-15-44/h2-10,21-23,28-29H,11-20H2,1H3,(H,37,49)(H,40,47)(H,41,45)(H,42,46)(H,43,48)/t23-,28-,29+/m0/s1. The summed E-state index contributed by atoms with van der Waals surface area (Å²) in [5, 5.41) is 13.9. The van der Waals surface area contributed by atoms with Crippen molar-refractivity contribution in [3.8, 4) is 5.75 Å². The van der Waals surface area contributed by atoms with E-state index in [2.05, 4.69) is 36.6 Å². The average Bonchev–Trinajstić information content (AvgIpc) is 3.94. The summed E-state index contributed by atoms with van der Waals surface area (Å²) >= 11 is 0. The molecule has 0 radical (unpaired) electrons. The highest BCUT2D eigenvalue weighted by atomic mass is 16.5. The molecule has 1 saturated heterocycles. The van der Waals surface area contributed by atoms with Crippen LogP contribution in [0.25, 0.3) is 0 Å². The number of amides is 5. The Morgan fingerprint density at radius 1 is 0.902 bits per heavy atom. The van der Waals surface area contributed by atoms with E-state index in [1.165, 1.54) is 19.3 Å². The molecular formula is C36H42N8O7. The molecule has 2 fully saturated rings. The number of rotatable bonds is 5. The number of carbonyl (C=O) groups excluding carboxylic acids is 5. The lowest BCUT2D eigenvalue weighted by atomic mass is 10.0. The van der Waals surface area contributed by atoms with Crippen LogP contribution < -0.4 is 36.2 Å². The van der Waals surface area contributed by atoms with E-state index in [1.54, 1.807) is 24.3 Å². The largest absolute Gasteiger partial charge is 0.492 e. The Hall–Kier alpha value is -5.57. The highest BCUT2D eigenvalue weighted by molar-refractivity contribution is 5.99. The van der Waals surface area contributed by atoms with Gasteiger partial charge < -0.3 is 41.0 Å². The van der Waals surface area contributed by atoms with E-state index >= 15 is 0 Å². The van der Waals surface area contributed by atoms with E-state index < -0.39 is 47.3 Å². The molecule has 3 aliphatic heterocycles. The molecule has 2 bridgehead atoms. The van der Waals surface area contributed by atoms with Crippen molar-refractivity contribution in [2.45, 2.75) is 56.3 Å². The van der Waals surface area contributed by atoms with E-state index in [-0.39, 0.29) is 37.5 Å². The Morgan fingerprint density at radius 3 is 2.29 bits per heavy atom. The van der Waals surface area contributed by atoms with Crippen LogP contribution in [0.4, 0.5) is 5.95 Å². The van der Waals surface area contributed by atoms with Crippen molar-refractivity contribution in [1.29, 1.82) is 0 Å². The smallest absolute Gasteiger partial charge is 0.255 e. The number of hydrogen-bond acceptors (Lipinski definition) is 10. The molecule has 3 aromatic rings. The summed E-state index contributed by atoms with van der Waals surface area (Å²) < 4.78 is 11.2. The predicted molar refractivity (Wildman–Crippen MR) is 185 cm³/mol. The van der Waals surface area contributed by atoms with Gasteiger partial charge in [-0.1, -0.05) is 42.5 Å². The molecule has 0 unspecified atom stereocenters. The Labute approximate surface area is 295 Å². The minimum atomic E-state index is -1.09. The lowest BCUT2D eigenvalue weighted by Gasteiger charge is -2.26. The van der Waals surface area contributed by atoms with Crippen molar-refractivity contribution in [2.75, 3.05) is 44.4 Å². The van der Waals surface area contributed by atoms with Gasteiger partial charge in [0.05, 0.1) is 25.3 Å². The Morgan fingerprint density at radius 2 is 1.61 bits per heavy atom. The molecule has 1 aliphatic carbocycles. The molecule has 1 aromatic heterocycles. The van der Waals surface area contributed by atoms with Gasteiger partial charge in [-0.3, -0.25) is 24.0 Å². The van der Waals surface area contributed by atoms with Gasteiger partial charge in [-0.25, -0.2) is 9.97 Å². The Balaban J connectivity index is 1.21. The van der Waals surface area contributed by atoms with Crippen LogP contribution in [0, 0.1) is 0 Å². The van der Waals surface area contributed by atoms with E-state index in [0.717, 1.165) is 11.1 Å². The van der Waals surface area contributed by atoms with Gasteiger partial charge >= 0.3 is 0 Å². The third-order valence-electron chi connectivity index (χ3n) is 9.05. The van der Waals surface area contributed by atoms with E-state index in [4.69, 9.17) is 9.47 Å². The first-order valence-corrected chi connectivity index (χ1v) is 17.1. The van der Waals surface area contributed by atoms with Gasteiger partial charge in [0.25, 0.3) is 5.91 Å². The summed E-state index contributed by atoms with van der Waals surface area (Å²) in [5.41, 5.74) is 0.608. The molecule has 3 atom stereocenters. The first kappa shape index (κ1) is 35.3. The summed E-state index contributed by atoms with van der Waals surface area (Å²) in [6.07, 6.45) is 3.99. The van der Waals surface area contributed by atoms with Crippen molar-refractivity contribution in [1.82, 2.24) is 36.6 Å². The Kier molecular flexibility index (Phi) is 11.0. The summed E-state index contributed by atoms with van der Waals surface area (Å²) in [6, 6.07) is 13.0. The van der Waals surface area contributed by atoms with Crippen LogP contribution in [0.5, 0.6) is 5.75 Å². The number of ether oxygens (including phenoxy) is 2. The average molecular weight is 699 g/mol. The molecule has 268 valence electrons. The number of nitrogens with one attached hydrogen (secondary N) is 5. The molecule has 4 heterocycles. The second kappa shape index (κ2) is 16.0. The highest BCUT2D eigenvalue weighted by Crippen LogP contribution is 2.35. The predicted octanol–water partition coefficient (Wildman–Crippen LogP) is 0.0439. The van der Waals surface area contributed by atoms with Crippen LogP contribution in [0.3, 0.4) is 0 Å². The van der Waals surface area contributed by atoms with Crippen molar-refractivity contribution in [3.05, 3.63) is 83.7 Å². The molecule has 1 spiro atoms. The van der Waals surface area contributed by atoms with Gasteiger partial charge in [0.2, 0.25) is 29.6 Å². The van der Waals surface area contributed by atoms with Crippen LogP contribution in [-0.4, -0.2) is 103 Å². The molecule has 5 amide bonds. The Bertz CT molecular complexity index is 1710. The van der Waals surface area contributed by atoms with Crippen LogP contribution in [0.1, 0.15) is 41.3 Å². The third kappa shape index (κ3) is 9.16. The van der Waals surface area contributed by atoms with Gasteiger partial charge in [-0.15, -0.1) is 0 Å². The number of aromatic nitrogens is 2. The van der Waals surface area contributed by atoms with Gasteiger partial charge in [0.15, 0.2) is 0 Å². The van der Waals surface area contributed by atoms with E-state index in [1.807, 2.05) is 35.2 Å². The topological polar surface area (TPSA) is 193 Å². The number of benzene rings is 2. The van der Waals surface area contributed by atoms with Crippen LogP contribution in [0.2, 0.25) is 0 Å². The van der Waals surface area contributed by atoms with Gasteiger partial charge in [0, 0.05) is 38.3 Å². The quantitative estimate of drug-likeness (QED) is 0.227. The molecule has 4 aliphatic rings. The van der Waals surface area contributed by atoms with Gasteiger partial charge in [-0.2, -0.15) is 0 Å². The van der Waals surface area contributed by atoms with Crippen LogP contribution in [-0.2, 0) is 36.8 Å². The molecule has 7 rings (SSSR count). The monoisotopic (exact) mass is 698 g/mol. The first-order chi connectivity index (χ1) is 24.7. The number of hydrogen-bond donors (Lipinski definition) is 5. The molecule has 15 heteroatoms. The molecule has 1 saturated carbocycles. The minimum absolute atomic E-state index is 0.0933. The van der Waals surface area contributed by atoms with Crippen molar-refractivity contribution in [3.63, 3.8) is 0 Å². The molecule has 2 aromatic carbocycles. The number of morpholine rings is 1. The van der Waals surface area contributed by atoms with Gasteiger partial charge in [0.1, 0.15) is 36.0 Å². The summed E-state index contributed by atoms with van der Waals surface area (Å²) in [6.45, 7) is 4.29. The zero-order chi connectivity index (χ0) is 35.8. The SMILES string of the molecule is C[C@@H]1NC(=O)[C@@H](NC(=O)c2cnc(N3CCOCC3)nc2)Cc2ccc(cc2)OCCNC(=O)C2(CC2)NC(=O)[C@@H](Cc2ccccc2)NC1=O. The normalized spacial score (nSPS) is 22.8. The van der Waals surface area contributed by atoms with Crippen molar-refractivity contribution in [2.24, 2.45) is 0 Å². The maximum absolute atomic E-state index is 13.7. The third-order valence-corrected chi connectivity index (χ3v) is 9.05. The number of carbonyl (C=O) groups is 5. The fourth-order valence-electron chi connectivity index (χ4n) is 5.87. The van der Waals surface area contributed by atoms with Gasteiger partial charge in [-0.05, 0) is 43.0 Å². The number of anilines is 1. The molecule has 15 nitrogen and oxygen atoms in total. The number of nitrogens with zero attached hydrogens (tertiary/aromatic N) is 3. The lowest BCUT2D eigenvalue weighted by Crippen LogP contribution is -2.59. The van der Waals surface area contributed by atoms with Crippen LogP contribution in [0.15, 0.2) is 67.0 Å². The lowest BCUT2D eigenvalue weighted by molar-refractivity contribution is -0.134. The second-order valence-corrected chi connectivity index (χ2v) is 12.9. The molecular weight excluding hydrogens is 656 g/mol. The van der Waals surface area contributed by atoms with E-state index in [0.29, 0.717) is 50.8 Å². The minimum Gasteiger partial charge on any atom is -0.492 e.